The molecule has 2 saturated carbocycles. The number of rotatable bonds is 5. The van der Waals surface area contributed by atoms with Gasteiger partial charge in [-0.05, 0) is 49.9 Å². The maximum atomic E-state index is 12.5. The second-order valence-electron chi connectivity index (χ2n) is 6.56. The molecular formula is C18H22N2O4. The van der Waals surface area contributed by atoms with Gasteiger partial charge in [0.2, 0.25) is 11.8 Å². The van der Waals surface area contributed by atoms with Crippen LogP contribution in [0.2, 0.25) is 0 Å². The summed E-state index contributed by atoms with van der Waals surface area (Å²) in [4.78, 5) is 36.4. The number of benzene rings is 1. The molecule has 3 rings (SSSR count). The molecule has 0 aromatic heterocycles. The fourth-order valence-electron chi connectivity index (χ4n) is 3.13. The van der Waals surface area contributed by atoms with Crippen LogP contribution in [-0.2, 0) is 14.3 Å². The van der Waals surface area contributed by atoms with Crippen molar-refractivity contribution in [1.29, 1.82) is 0 Å². The number of methoxy groups -OCH3 is 1. The van der Waals surface area contributed by atoms with E-state index < -0.39 is 11.4 Å². The van der Waals surface area contributed by atoms with Crippen LogP contribution in [0.3, 0.4) is 0 Å². The quantitative estimate of drug-likeness (QED) is 0.640. The summed E-state index contributed by atoms with van der Waals surface area (Å²) in [6.45, 7) is 0. The zero-order chi connectivity index (χ0) is 17.2. The minimum absolute atomic E-state index is 0.155. The lowest BCUT2D eigenvalue weighted by molar-refractivity contribution is -0.134. The number of amides is 2. The Labute approximate surface area is 140 Å². The van der Waals surface area contributed by atoms with Gasteiger partial charge in [0.15, 0.2) is 0 Å². The van der Waals surface area contributed by atoms with Crippen molar-refractivity contribution in [3.05, 3.63) is 29.8 Å². The van der Waals surface area contributed by atoms with E-state index in [2.05, 4.69) is 15.4 Å². The molecule has 2 amide bonds. The molecule has 0 aliphatic heterocycles. The molecular weight excluding hydrogens is 308 g/mol. The molecule has 128 valence electrons. The van der Waals surface area contributed by atoms with Crippen LogP contribution in [-0.4, -0.2) is 30.9 Å². The molecule has 0 radical (unpaired) electrons. The van der Waals surface area contributed by atoms with Gasteiger partial charge in [-0.2, -0.15) is 0 Å². The molecule has 0 saturated heterocycles. The molecule has 2 fully saturated rings. The van der Waals surface area contributed by atoms with Crippen LogP contribution in [0.1, 0.15) is 48.9 Å². The standard InChI is InChI=1S/C18H22N2O4/c1-24-15(21)12-6-8-14(9-7-12)20-17(23)18(10-11-18)16(22)19-13-4-2-3-5-13/h6-9,13H,2-5,10-11H2,1H3,(H,19,22)(H,20,23). The second kappa shape index (κ2) is 6.63. The first-order valence-corrected chi connectivity index (χ1v) is 8.36. The monoisotopic (exact) mass is 330 g/mol. The number of carbonyl (C=O) groups is 3. The van der Waals surface area contributed by atoms with Crippen molar-refractivity contribution < 1.29 is 19.1 Å². The number of hydrogen-bond acceptors (Lipinski definition) is 4. The predicted octanol–water partition coefficient (Wildman–Crippen LogP) is 2.25. The van der Waals surface area contributed by atoms with E-state index in [1.54, 1.807) is 24.3 Å². The van der Waals surface area contributed by atoms with E-state index >= 15 is 0 Å². The third-order valence-corrected chi connectivity index (χ3v) is 4.87. The van der Waals surface area contributed by atoms with Crippen molar-refractivity contribution in [2.24, 2.45) is 5.41 Å². The van der Waals surface area contributed by atoms with Crippen molar-refractivity contribution in [3.8, 4) is 0 Å². The minimum Gasteiger partial charge on any atom is -0.465 e. The van der Waals surface area contributed by atoms with Gasteiger partial charge in [-0.3, -0.25) is 9.59 Å². The van der Waals surface area contributed by atoms with Crippen LogP contribution >= 0.6 is 0 Å². The highest BCUT2D eigenvalue weighted by atomic mass is 16.5. The topological polar surface area (TPSA) is 84.5 Å². The Kier molecular flexibility index (Phi) is 4.55. The van der Waals surface area contributed by atoms with Gasteiger partial charge in [0.1, 0.15) is 5.41 Å². The van der Waals surface area contributed by atoms with Gasteiger partial charge < -0.3 is 15.4 Å². The van der Waals surface area contributed by atoms with E-state index in [9.17, 15) is 14.4 Å². The molecule has 24 heavy (non-hydrogen) atoms. The number of anilines is 1. The Bertz CT molecular complexity index is 643. The highest BCUT2D eigenvalue weighted by molar-refractivity contribution is 6.13. The molecule has 0 heterocycles. The number of carbonyl (C=O) groups excluding carboxylic acids is 3. The number of nitrogens with one attached hydrogen (secondary N) is 2. The number of hydrogen-bond donors (Lipinski definition) is 2. The van der Waals surface area contributed by atoms with E-state index in [0.717, 1.165) is 25.7 Å². The Morgan fingerprint density at radius 2 is 1.67 bits per heavy atom. The summed E-state index contributed by atoms with van der Waals surface area (Å²) < 4.78 is 4.64. The fourth-order valence-corrected chi connectivity index (χ4v) is 3.13. The molecule has 2 aliphatic rings. The van der Waals surface area contributed by atoms with Crippen molar-refractivity contribution >= 4 is 23.5 Å². The molecule has 0 bridgehead atoms. The summed E-state index contributed by atoms with van der Waals surface area (Å²) in [6, 6.07) is 6.64. The lowest BCUT2D eigenvalue weighted by Gasteiger charge is -2.18. The van der Waals surface area contributed by atoms with Gasteiger partial charge in [0.25, 0.3) is 0 Å². The van der Waals surface area contributed by atoms with Crippen LogP contribution in [0, 0.1) is 5.41 Å². The van der Waals surface area contributed by atoms with Gasteiger partial charge in [-0.25, -0.2) is 4.79 Å². The Hall–Kier alpha value is -2.37. The van der Waals surface area contributed by atoms with Crippen LogP contribution in [0.25, 0.3) is 0 Å². The van der Waals surface area contributed by atoms with Crippen LogP contribution in [0.15, 0.2) is 24.3 Å². The first-order valence-electron chi connectivity index (χ1n) is 8.36. The van der Waals surface area contributed by atoms with Gasteiger partial charge >= 0.3 is 5.97 Å². The average molecular weight is 330 g/mol. The zero-order valence-corrected chi connectivity index (χ0v) is 13.8. The van der Waals surface area contributed by atoms with Crippen molar-refractivity contribution in [3.63, 3.8) is 0 Å². The lowest BCUT2D eigenvalue weighted by Crippen LogP contribution is -2.43. The van der Waals surface area contributed by atoms with E-state index in [0.29, 0.717) is 24.1 Å². The molecule has 2 N–H and O–H groups in total. The summed E-state index contributed by atoms with van der Waals surface area (Å²) in [5.74, 6) is -0.857. The summed E-state index contributed by atoms with van der Waals surface area (Å²) in [5.41, 5.74) is 0.0482. The normalized spacial score (nSPS) is 18.7. The first-order chi connectivity index (χ1) is 11.5. The second-order valence-corrected chi connectivity index (χ2v) is 6.56. The summed E-state index contributed by atoms with van der Waals surface area (Å²) in [5, 5.41) is 5.80. The highest BCUT2D eigenvalue weighted by Crippen LogP contribution is 2.47. The summed E-state index contributed by atoms with van der Waals surface area (Å²) in [6.07, 6.45) is 5.43. The van der Waals surface area contributed by atoms with Gasteiger partial charge in [0, 0.05) is 11.7 Å². The highest BCUT2D eigenvalue weighted by Gasteiger charge is 2.56. The number of esters is 1. The van der Waals surface area contributed by atoms with Crippen LogP contribution < -0.4 is 10.6 Å². The van der Waals surface area contributed by atoms with E-state index in [1.165, 1.54) is 7.11 Å². The minimum atomic E-state index is -0.927. The predicted molar refractivity (Wildman–Crippen MR) is 88.5 cm³/mol. The Balaban J connectivity index is 1.61. The maximum absolute atomic E-state index is 12.5. The molecule has 6 nitrogen and oxygen atoms in total. The molecule has 6 heteroatoms. The SMILES string of the molecule is COC(=O)c1ccc(NC(=O)C2(C(=O)NC3CCCC3)CC2)cc1. The molecule has 1 aromatic carbocycles. The zero-order valence-electron chi connectivity index (χ0n) is 13.8. The van der Waals surface area contributed by atoms with E-state index in [1.807, 2.05) is 0 Å². The van der Waals surface area contributed by atoms with Crippen molar-refractivity contribution in [1.82, 2.24) is 5.32 Å². The third-order valence-electron chi connectivity index (χ3n) is 4.87. The fraction of sp³-hybridized carbons (Fsp3) is 0.500. The van der Waals surface area contributed by atoms with Crippen molar-refractivity contribution in [2.75, 3.05) is 12.4 Å². The maximum Gasteiger partial charge on any atom is 0.337 e. The molecule has 0 atom stereocenters. The molecule has 1 aromatic rings. The molecule has 0 unspecified atom stereocenters. The molecule has 2 aliphatic carbocycles. The van der Waals surface area contributed by atoms with Gasteiger partial charge in [0.05, 0.1) is 12.7 Å². The van der Waals surface area contributed by atoms with Gasteiger partial charge in [-0.1, -0.05) is 12.8 Å². The summed E-state index contributed by atoms with van der Waals surface area (Å²) in [7, 11) is 1.32. The first kappa shape index (κ1) is 16.5. The van der Waals surface area contributed by atoms with Gasteiger partial charge in [-0.15, -0.1) is 0 Å². The smallest absolute Gasteiger partial charge is 0.337 e. The third kappa shape index (κ3) is 3.27. The Morgan fingerprint density at radius 3 is 2.21 bits per heavy atom. The van der Waals surface area contributed by atoms with E-state index in [-0.39, 0.29) is 17.9 Å². The van der Waals surface area contributed by atoms with Crippen LogP contribution in [0.5, 0.6) is 0 Å². The number of ether oxygens (including phenoxy) is 1. The van der Waals surface area contributed by atoms with Crippen molar-refractivity contribution in [2.45, 2.75) is 44.6 Å². The Morgan fingerprint density at radius 1 is 1.04 bits per heavy atom. The molecule has 0 spiro atoms. The largest absolute Gasteiger partial charge is 0.465 e. The van der Waals surface area contributed by atoms with E-state index in [4.69, 9.17) is 0 Å². The average Bonchev–Trinajstić information content (AvgIpc) is 3.27. The van der Waals surface area contributed by atoms with Crippen LogP contribution in [0.4, 0.5) is 5.69 Å². The summed E-state index contributed by atoms with van der Waals surface area (Å²) >= 11 is 0. The lowest BCUT2D eigenvalue weighted by atomic mass is 10.0.